The molecule has 59 heavy (non-hydrogen) atoms. The maximum atomic E-state index is 12.2. The van der Waals surface area contributed by atoms with Crippen LogP contribution < -0.4 is 0 Å². The third kappa shape index (κ3) is 23.9. The van der Waals surface area contributed by atoms with E-state index in [0.29, 0.717) is 35.1 Å². The monoisotopic (exact) mass is 832 g/mol. The summed E-state index contributed by atoms with van der Waals surface area (Å²) >= 11 is 0. The van der Waals surface area contributed by atoms with Crippen LogP contribution in [-0.4, -0.2) is 54.6 Å². The number of carbonyl (C=O) groups excluding carboxylic acids is 2. The second-order valence-corrected chi connectivity index (χ2v) is 21.9. The minimum atomic E-state index is -0.00721. The zero-order valence-corrected chi connectivity index (χ0v) is 41.8. The van der Waals surface area contributed by atoms with Gasteiger partial charge in [-0.2, -0.15) is 0 Å². The van der Waals surface area contributed by atoms with Crippen LogP contribution in [0.1, 0.15) is 256 Å². The minimum Gasteiger partial charge on any atom is -0.466 e. The summed E-state index contributed by atoms with van der Waals surface area (Å²) in [6.45, 7) is 30.4. The molecule has 0 radical (unpaired) electrons. The van der Waals surface area contributed by atoms with E-state index in [1.165, 1.54) is 122 Å². The fraction of sp³-hybridized carbons (Fsp3) is 0.963. The van der Waals surface area contributed by atoms with Crippen molar-refractivity contribution in [2.45, 2.75) is 256 Å². The number of carbonyl (C=O) groups is 2. The standard InChI is InChI=1S/C34H67NO4.C20H38/c1-4-6-14-23-33(24-15-7-5-2)26-31-39-34(38)25-17-11-9-13-19-28-35(29-20-21-30-36)27-18-12-8-10-16-22-32(3)37;1-9-14(2)18(3,4)13-19(5,6)16-11-10-15-12-17(16)20(15,7)8/h33,36H,4-31H2,1-3H3;14-17H,9-13H2,1-8H3. The zero-order chi connectivity index (χ0) is 44.2. The number of Topliss-reactive ketones (excluding diaryl/α,β-unsaturated/α-hetero) is 1. The Hall–Kier alpha value is -0.940. The van der Waals surface area contributed by atoms with Crippen molar-refractivity contribution >= 4 is 11.8 Å². The van der Waals surface area contributed by atoms with Gasteiger partial charge in [-0.05, 0) is 143 Å². The molecule has 0 aliphatic heterocycles. The molecule has 3 saturated carbocycles. The molecule has 2 bridgehead atoms. The van der Waals surface area contributed by atoms with E-state index in [2.05, 4.69) is 74.1 Å². The van der Waals surface area contributed by atoms with Crippen LogP contribution in [0.25, 0.3) is 0 Å². The first-order valence-electron chi connectivity index (χ1n) is 26.0. The maximum absolute atomic E-state index is 12.2. The number of ketones is 1. The number of hydrogen-bond acceptors (Lipinski definition) is 5. The average Bonchev–Trinajstić information content (AvgIpc) is 3.19. The molecule has 0 amide bonds. The molecule has 0 spiro atoms. The predicted molar refractivity (Wildman–Crippen MR) is 256 cm³/mol. The third-order valence-corrected chi connectivity index (χ3v) is 15.7. The molecular weight excluding hydrogens is 727 g/mol. The number of unbranched alkanes of at least 4 members (excludes halogenated alkanes) is 13. The van der Waals surface area contributed by atoms with Crippen LogP contribution in [0.2, 0.25) is 0 Å². The zero-order valence-electron chi connectivity index (χ0n) is 41.8. The lowest BCUT2D eigenvalue weighted by molar-refractivity contribution is -0.145. The van der Waals surface area contributed by atoms with Crippen molar-refractivity contribution in [3.05, 3.63) is 0 Å². The smallest absolute Gasteiger partial charge is 0.305 e. The van der Waals surface area contributed by atoms with E-state index in [0.717, 1.165) is 101 Å². The SMILES string of the molecule is CCC(C)C(C)(C)CC(C)(C)C1CCC2CC1C2(C)C.CCCCCC(CCCCC)CCOC(=O)CCCCCCCN(CCCCO)CCCCCCCC(C)=O. The predicted octanol–water partition coefficient (Wildman–Crippen LogP) is 15.6. The summed E-state index contributed by atoms with van der Waals surface area (Å²) in [6, 6.07) is 0. The summed E-state index contributed by atoms with van der Waals surface area (Å²) in [4.78, 5) is 25.8. The lowest BCUT2D eigenvalue weighted by Crippen LogP contribution is -2.56. The summed E-state index contributed by atoms with van der Waals surface area (Å²) in [5, 5.41) is 9.13. The lowest BCUT2D eigenvalue weighted by Gasteiger charge is -2.64. The second kappa shape index (κ2) is 31.8. The Kier molecular flexibility index (Phi) is 30.3. The van der Waals surface area contributed by atoms with Crippen molar-refractivity contribution in [1.29, 1.82) is 0 Å². The van der Waals surface area contributed by atoms with Crippen molar-refractivity contribution < 1.29 is 19.4 Å². The van der Waals surface area contributed by atoms with Gasteiger partial charge in [0.05, 0.1) is 6.61 Å². The first-order chi connectivity index (χ1) is 28.0. The molecule has 0 heterocycles. The average molecular weight is 832 g/mol. The molecular formula is C54H105NO4. The normalized spacial score (nSPS) is 19.3. The summed E-state index contributed by atoms with van der Waals surface area (Å²) < 4.78 is 5.59. The van der Waals surface area contributed by atoms with Gasteiger partial charge in [0, 0.05) is 19.4 Å². The topological polar surface area (TPSA) is 66.8 Å². The Balaban J connectivity index is 0.000000719. The van der Waals surface area contributed by atoms with Gasteiger partial charge in [-0.1, -0.05) is 166 Å². The van der Waals surface area contributed by atoms with E-state index in [-0.39, 0.29) is 12.6 Å². The first kappa shape index (κ1) is 56.1. The number of ether oxygens (including phenoxy) is 1. The number of aliphatic hydroxyl groups excluding tert-OH is 1. The quantitative estimate of drug-likeness (QED) is 0.0503. The highest BCUT2D eigenvalue weighted by atomic mass is 16.5. The highest BCUT2D eigenvalue weighted by molar-refractivity contribution is 5.75. The fourth-order valence-corrected chi connectivity index (χ4v) is 11.1. The van der Waals surface area contributed by atoms with E-state index in [4.69, 9.17) is 9.84 Å². The third-order valence-electron chi connectivity index (χ3n) is 15.7. The fourth-order valence-electron chi connectivity index (χ4n) is 11.1. The molecule has 0 aromatic heterocycles. The molecule has 1 N–H and O–H groups in total. The van der Waals surface area contributed by atoms with Gasteiger partial charge in [-0.25, -0.2) is 0 Å². The van der Waals surface area contributed by atoms with Crippen molar-refractivity contribution in [1.82, 2.24) is 4.90 Å². The molecule has 4 unspecified atom stereocenters. The largest absolute Gasteiger partial charge is 0.466 e. The van der Waals surface area contributed by atoms with Gasteiger partial charge in [0.15, 0.2) is 0 Å². The van der Waals surface area contributed by atoms with Crippen LogP contribution in [-0.2, 0) is 14.3 Å². The molecule has 5 nitrogen and oxygen atoms in total. The van der Waals surface area contributed by atoms with Crippen molar-refractivity contribution in [2.24, 2.45) is 45.8 Å². The number of rotatable bonds is 36. The highest BCUT2D eigenvalue weighted by Crippen LogP contribution is 2.65. The summed E-state index contributed by atoms with van der Waals surface area (Å²) in [7, 11) is 0. The molecule has 5 heteroatoms. The van der Waals surface area contributed by atoms with E-state index >= 15 is 0 Å². The molecule has 3 rings (SSSR count). The highest BCUT2D eigenvalue weighted by Gasteiger charge is 2.57. The molecule has 0 aromatic rings. The Labute approximate surface area is 369 Å². The molecule has 3 fully saturated rings. The Bertz CT molecular complexity index is 1040. The van der Waals surface area contributed by atoms with Crippen LogP contribution in [0.5, 0.6) is 0 Å². The van der Waals surface area contributed by atoms with Crippen molar-refractivity contribution in [3.63, 3.8) is 0 Å². The Morgan fingerprint density at radius 3 is 1.73 bits per heavy atom. The van der Waals surface area contributed by atoms with Gasteiger partial charge >= 0.3 is 5.97 Å². The Morgan fingerprint density at radius 2 is 1.24 bits per heavy atom. The second-order valence-electron chi connectivity index (χ2n) is 21.9. The minimum absolute atomic E-state index is 0.00721. The molecule has 350 valence electrons. The molecule has 0 saturated heterocycles. The Morgan fingerprint density at radius 1 is 0.712 bits per heavy atom. The first-order valence-corrected chi connectivity index (χ1v) is 26.0. The van der Waals surface area contributed by atoms with Gasteiger partial charge in [-0.3, -0.25) is 4.79 Å². The van der Waals surface area contributed by atoms with Gasteiger partial charge < -0.3 is 19.5 Å². The van der Waals surface area contributed by atoms with Crippen LogP contribution in [0.3, 0.4) is 0 Å². The number of nitrogens with zero attached hydrogens (tertiary/aromatic N) is 1. The molecule has 3 aliphatic rings. The van der Waals surface area contributed by atoms with Crippen molar-refractivity contribution in [2.75, 3.05) is 32.8 Å². The molecule has 3 aliphatic carbocycles. The molecule has 0 aromatic carbocycles. The number of esters is 1. The summed E-state index contributed by atoms with van der Waals surface area (Å²) in [6.07, 6.45) is 33.4. The summed E-state index contributed by atoms with van der Waals surface area (Å²) in [5.74, 6) is 4.81. The van der Waals surface area contributed by atoms with Crippen LogP contribution >= 0.6 is 0 Å². The molecule has 4 atom stereocenters. The van der Waals surface area contributed by atoms with Crippen LogP contribution in [0.15, 0.2) is 0 Å². The number of aliphatic hydroxyl groups is 1. The summed E-state index contributed by atoms with van der Waals surface area (Å²) in [5.41, 5.74) is 1.60. The van der Waals surface area contributed by atoms with Crippen LogP contribution in [0, 0.1) is 45.8 Å². The maximum Gasteiger partial charge on any atom is 0.305 e. The van der Waals surface area contributed by atoms with Gasteiger partial charge in [0.1, 0.15) is 5.78 Å². The van der Waals surface area contributed by atoms with E-state index < -0.39 is 0 Å². The van der Waals surface area contributed by atoms with Crippen molar-refractivity contribution in [3.8, 4) is 0 Å². The van der Waals surface area contributed by atoms with E-state index in [1.807, 2.05) is 0 Å². The number of hydrogen-bond donors (Lipinski definition) is 1. The van der Waals surface area contributed by atoms with Gasteiger partial charge in [0.25, 0.3) is 0 Å². The van der Waals surface area contributed by atoms with Gasteiger partial charge in [0.2, 0.25) is 0 Å². The van der Waals surface area contributed by atoms with Crippen LogP contribution in [0.4, 0.5) is 0 Å². The number of fused-ring (bicyclic) bond motifs is 2. The van der Waals surface area contributed by atoms with Gasteiger partial charge in [-0.15, -0.1) is 0 Å². The van der Waals surface area contributed by atoms with E-state index in [1.54, 1.807) is 6.92 Å². The lowest BCUT2D eigenvalue weighted by atomic mass is 9.41. The van der Waals surface area contributed by atoms with E-state index in [9.17, 15) is 9.59 Å².